The van der Waals surface area contributed by atoms with Gasteiger partial charge in [-0.2, -0.15) is 0 Å². The number of cyclic esters (lactones) is 2. The largest absolute Gasteiger partial charge is 0.419 e. The third-order valence-corrected chi connectivity index (χ3v) is 2.45. The molecule has 1 N–H and O–H groups in total. The van der Waals surface area contributed by atoms with E-state index in [2.05, 4.69) is 10.3 Å². The molecule has 114 valence electrons. The third-order valence-electron chi connectivity index (χ3n) is 2.23. The first-order chi connectivity index (χ1) is 9.87. The monoisotopic (exact) mass is 312 g/mol. The fourth-order valence-electron chi connectivity index (χ4n) is 1.40. The summed E-state index contributed by atoms with van der Waals surface area (Å²) in [5, 5.41) is 3.09. The van der Waals surface area contributed by atoms with E-state index >= 15 is 0 Å². The van der Waals surface area contributed by atoms with E-state index in [0.717, 1.165) is 0 Å². The molecule has 0 bridgehead atoms. The van der Waals surface area contributed by atoms with Crippen molar-refractivity contribution in [1.82, 2.24) is 4.98 Å². The molecular formula is C14H17ClN2O4. The number of hydrogen-bond donors (Lipinski definition) is 1. The van der Waals surface area contributed by atoms with Crippen LogP contribution in [0.1, 0.15) is 27.7 Å². The number of nitrogens with zero attached hydrogens (tertiary/aromatic N) is 1. The average molecular weight is 313 g/mol. The van der Waals surface area contributed by atoms with Crippen LogP contribution < -0.4 is 5.32 Å². The Bertz CT molecular complexity index is 531. The second kappa shape index (κ2) is 7.08. The molecule has 0 amide bonds. The molecule has 0 unspecified atom stereocenters. The maximum absolute atomic E-state index is 11.6. The molecule has 1 aromatic rings. The third kappa shape index (κ3) is 4.75. The molecule has 0 spiro atoms. The van der Waals surface area contributed by atoms with Crippen molar-refractivity contribution in [3.8, 4) is 0 Å². The van der Waals surface area contributed by atoms with Crippen molar-refractivity contribution in [2.45, 2.75) is 33.5 Å². The fourth-order valence-corrected chi connectivity index (χ4v) is 1.51. The number of carbonyl (C=O) groups excluding carboxylic acids is 2. The summed E-state index contributed by atoms with van der Waals surface area (Å²) in [6.45, 7) is 6.96. The number of ether oxygens (including phenoxy) is 2. The highest BCUT2D eigenvalue weighted by Crippen LogP contribution is 2.22. The van der Waals surface area contributed by atoms with Crippen LogP contribution in [-0.2, 0) is 19.1 Å². The zero-order chi connectivity index (χ0) is 16.0. The lowest BCUT2D eigenvalue weighted by Crippen LogP contribution is -2.42. The van der Waals surface area contributed by atoms with Gasteiger partial charge in [0.2, 0.25) is 0 Å². The molecule has 6 nitrogen and oxygen atoms in total. The van der Waals surface area contributed by atoms with Crippen molar-refractivity contribution in [2.24, 2.45) is 0 Å². The van der Waals surface area contributed by atoms with Gasteiger partial charge in [-0.05, 0) is 12.1 Å². The van der Waals surface area contributed by atoms with Crippen LogP contribution in [0.4, 0.5) is 5.69 Å². The van der Waals surface area contributed by atoms with Crippen LogP contribution >= 0.6 is 11.6 Å². The van der Waals surface area contributed by atoms with E-state index in [0.29, 0.717) is 10.8 Å². The molecular weight excluding hydrogens is 296 g/mol. The minimum Gasteiger partial charge on any atom is -0.419 e. The SMILES string of the molecule is CC.CC1(C)OC(=O)C(=CNc2ccc(Cl)nc2)C(=O)O1. The van der Waals surface area contributed by atoms with E-state index in [9.17, 15) is 9.59 Å². The number of hydrogen-bond acceptors (Lipinski definition) is 6. The van der Waals surface area contributed by atoms with Gasteiger partial charge in [0.1, 0.15) is 5.15 Å². The molecule has 0 aliphatic carbocycles. The van der Waals surface area contributed by atoms with Crippen LogP contribution in [0.3, 0.4) is 0 Å². The molecule has 21 heavy (non-hydrogen) atoms. The summed E-state index contributed by atoms with van der Waals surface area (Å²) in [6.07, 6.45) is 2.67. The Kier molecular flexibility index (Phi) is 5.72. The molecule has 1 saturated heterocycles. The predicted molar refractivity (Wildman–Crippen MR) is 78.6 cm³/mol. The van der Waals surface area contributed by atoms with E-state index < -0.39 is 17.7 Å². The second-order valence-corrected chi connectivity index (χ2v) is 4.64. The van der Waals surface area contributed by atoms with Crippen LogP contribution in [0.25, 0.3) is 0 Å². The van der Waals surface area contributed by atoms with Gasteiger partial charge in [-0.25, -0.2) is 14.6 Å². The van der Waals surface area contributed by atoms with Crippen molar-refractivity contribution >= 4 is 29.2 Å². The number of carbonyl (C=O) groups is 2. The second-order valence-electron chi connectivity index (χ2n) is 4.25. The molecule has 1 aliphatic rings. The lowest BCUT2D eigenvalue weighted by Gasteiger charge is -2.29. The highest BCUT2D eigenvalue weighted by Gasteiger charge is 2.38. The van der Waals surface area contributed by atoms with Gasteiger partial charge in [-0.15, -0.1) is 0 Å². The first kappa shape index (κ1) is 17.0. The predicted octanol–water partition coefficient (Wildman–Crippen LogP) is 2.89. The Balaban J connectivity index is 0.00000106. The Morgan fingerprint density at radius 2 is 1.76 bits per heavy atom. The van der Waals surface area contributed by atoms with Crippen molar-refractivity contribution in [1.29, 1.82) is 0 Å². The van der Waals surface area contributed by atoms with Crippen LogP contribution in [0.15, 0.2) is 30.1 Å². The van der Waals surface area contributed by atoms with E-state index in [1.165, 1.54) is 26.2 Å². The average Bonchev–Trinajstić information content (AvgIpc) is 2.41. The standard InChI is InChI=1S/C12H11ClN2O4.C2H6/c1-12(2)18-10(16)8(11(17)19-12)6-14-7-3-4-9(13)15-5-7;1-2/h3-6,14H,1-2H3;1-2H3. The van der Waals surface area contributed by atoms with Crippen LogP contribution in [0.5, 0.6) is 0 Å². The Morgan fingerprint density at radius 1 is 1.19 bits per heavy atom. The summed E-state index contributed by atoms with van der Waals surface area (Å²) in [7, 11) is 0. The van der Waals surface area contributed by atoms with Gasteiger partial charge < -0.3 is 14.8 Å². The van der Waals surface area contributed by atoms with E-state index in [-0.39, 0.29) is 5.57 Å². The minimum absolute atomic E-state index is 0.214. The van der Waals surface area contributed by atoms with Gasteiger partial charge in [0.25, 0.3) is 5.79 Å². The zero-order valence-electron chi connectivity index (χ0n) is 12.3. The van der Waals surface area contributed by atoms with Crippen LogP contribution in [-0.4, -0.2) is 22.7 Å². The Morgan fingerprint density at radius 3 is 2.24 bits per heavy atom. The molecule has 0 atom stereocenters. The van der Waals surface area contributed by atoms with Gasteiger partial charge >= 0.3 is 11.9 Å². The van der Waals surface area contributed by atoms with Gasteiger partial charge in [-0.3, -0.25) is 0 Å². The number of nitrogens with one attached hydrogen (secondary N) is 1. The quantitative estimate of drug-likeness (QED) is 0.391. The van der Waals surface area contributed by atoms with Gasteiger partial charge in [0.05, 0.1) is 11.9 Å². The lowest BCUT2D eigenvalue weighted by atomic mass is 10.2. The summed E-state index contributed by atoms with van der Waals surface area (Å²) in [5.74, 6) is -2.72. The first-order valence-electron chi connectivity index (χ1n) is 6.42. The van der Waals surface area contributed by atoms with Crippen molar-refractivity contribution < 1.29 is 19.1 Å². The molecule has 7 heteroatoms. The molecule has 0 radical (unpaired) electrons. The highest BCUT2D eigenvalue weighted by molar-refractivity contribution is 6.29. The van der Waals surface area contributed by atoms with Crippen LogP contribution in [0, 0.1) is 0 Å². The van der Waals surface area contributed by atoms with E-state index in [1.807, 2.05) is 13.8 Å². The number of pyridine rings is 1. The van der Waals surface area contributed by atoms with E-state index in [1.54, 1.807) is 12.1 Å². The van der Waals surface area contributed by atoms with Gasteiger partial charge in [0.15, 0.2) is 5.57 Å². The number of halogens is 1. The summed E-state index contributed by atoms with van der Waals surface area (Å²) in [4.78, 5) is 27.1. The first-order valence-corrected chi connectivity index (χ1v) is 6.80. The Hall–Kier alpha value is -2.08. The maximum Gasteiger partial charge on any atom is 0.350 e. The normalized spacial score (nSPS) is 16.1. The van der Waals surface area contributed by atoms with Gasteiger partial charge in [0, 0.05) is 20.0 Å². The van der Waals surface area contributed by atoms with Gasteiger partial charge in [-0.1, -0.05) is 25.4 Å². The lowest BCUT2D eigenvalue weighted by molar-refractivity contribution is -0.222. The van der Waals surface area contributed by atoms with Crippen molar-refractivity contribution in [3.63, 3.8) is 0 Å². The van der Waals surface area contributed by atoms with Crippen LogP contribution in [0.2, 0.25) is 5.15 Å². The smallest absolute Gasteiger partial charge is 0.350 e. The molecule has 2 rings (SSSR count). The highest BCUT2D eigenvalue weighted by atomic mass is 35.5. The minimum atomic E-state index is -1.24. The maximum atomic E-state index is 11.6. The molecule has 1 fully saturated rings. The number of esters is 2. The molecule has 0 saturated carbocycles. The zero-order valence-corrected chi connectivity index (χ0v) is 13.0. The molecule has 2 heterocycles. The summed E-state index contributed by atoms with van der Waals surface area (Å²) >= 11 is 5.64. The van der Waals surface area contributed by atoms with Crippen molar-refractivity contribution in [2.75, 3.05) is 5.32 Å². The molecule has 1 aromatic heterocycles. The fraction of sp³-hybridized carbons (Fsp3) is 0.357. The number of aromatic nitrogens is 1. The Labute approximate surface area is 128 Å². The summed E-state index contributed by atoms with van der Waals surface area (Å²) in [6, 6.07) is 3.22. The summed E-state index contributed by atoms with van der Waals surface area (Å²) < 4.78 is 9.87. The molecule has 1 aliphatic heterocycles. The number of rotatable bonds is 2. The summed E-state index contributed by atoms with van der Waals surface area (Å²) in [5.41, 5.74) is 0.358. The number of anilines is 1. The van der Waals surface area contributed by atoms with E-state index in [4.69, 9.17) is 21.1 Å². The molecule has 0 aromatic carbocycles. The topological polar surface area (TPSA) is 77.5 Å². The van der Waals surface area contributed by atoms with Crippen molar-refractivity contribution in [3.05, 3.63) is 35.3 Å².